The molecule has 0 heterocycles. The summed E-state index contributed by atoms with van der Waals surface area (Å²) in [6.07, 6.45) is 2.72. The lowest BCUT2D eigenvalue weighted by Crippen LogP contribution is -2.34. The van der Waals surface area contributed by atoms with Crippen LogP contribution in [0, 0.1) is 23.4 Å². The van der Waals surface area contributed by atoms with Gasteiger partial charge in [0.2, 0.25) is 0 Å². The minimum atomic E-state index is -0.890. The Balaban J connectivity index is 2.03. The van der Waals surface area contributed by atoms with Gasteiger partial charge in [0.05, 0.1) is 6.10 Å². The average molecular weight is 287 g/mol. The Bertz CT molecular complexity index is 437. The number of rotatable bonds is 6. The standard InChI is InChI=1S/C15H20F3NO/c1-3-20-11-4-9(5-11)6-14(19-2)15-12(17)7-10(16)8-13(15)18/h7-9,11,14,19H,3-6H2,1-2H3. The smallest absolute Gasteiger partial charge is 0.133 e. The van der Waals surface area contributed by atoms with Crippen molar-refractivity contribution in [2.45, 2.75) is 38.3 Å². The number of benzene rings is 1. The monoisotopic (exact) mass is 287 g/mol. The molecule has 1 saturated carbocycles. The van der Waals surface area contributed by atoms with E-state index in [0.29, 0.717) is 18.9 Å². The van der Waals surface area contributed by atoms with Gasteiger partial charge in [-0.05, 0) is 39.2 Å². The van der Waals surface area contributed by atoms with Crippen molar-refractivity contribution in [2.75, 3.05) is 13.7 Å². The summed E-state index contributed by atoms with van der Waals surface area (Å²) in [5, 5.41) is 2.92. The van der Waals surface area contributed by atoms with Crippen LogP contribution in [-0.4, -0.2) is 19.8 Å². The van der Waals surface area contributed by atoms with Crippen molar-refractivity contribution < 1.29 is 17.9 Å². The molecule has 112 valence electrons. The molecular weight excluding hydrogens is 267 g/mol. The van der Waals surface area contributed by atoms with Gasteiger partial charge in [-0.25, -0.2) is 13.2 Å². The predicted molar refractivity (Wildman–Crippen MR) is 70.9 cm³/mol. The number of hydrogen-bond donors (Lipinski definition) is 1. The van der Waals surface area contributed by atoms with E-state index < -0.39 is 23.5 Å². The molecule has 0 amide bonds. The maximum atomic E-state index is 13.8. The summed E-state index contributed by atoms with van der Waals surface area (Å²) in [5.41, 5.74) is -0.0752. The molecule has 0 saturated heterocycles. The first-order chi connectivity index (χ1) is 9.55. The minimum Gasteiger partial charge on any atom is -0.378 e. The summed E-state index contributed by atoms with van der Waals surface area (Å²) in [5.74, 6) is -2.17. The third kappa shape index (κ3) is 3.33. The predicted octanol–water partition coefficient (Wildman–Crippen LogP) is 3.57. The van der Waals surface area contributed by atoms with Gasteiger partial charge < -0.3 is 10.1 Å². The second-order valence-electron chi connectivity index (χ2n) is 5.27. The molecule has 1 N–H and O–H groups in total. The van der Waals surface area contributed by atoms with Gasteiger partial charge >= 0.3 is 0 Å². The van der Waals surface area contributed by atoms with E-state index in [0.717, 1.165) is 25.0 Å². The Morgan fingerprint density at radius 1 is 1.25 bits per heavy atom. The van der Waals surface area contributed by atoms with E-state index in [4.69, 9.17) is 4.74 Å². The third-order valence-electron chi connectivity index (χ3n) is 3.90. The van der Waals surface area contributed by atoms with Crippen LogP contribution in [0.2, 0.25) is 0 Å². The highest BCUT2D eigenvalue weighted by Crippen LogP contribution is 2.38. The molecule has 2 nitrogen and oxygen atoms in total. The fourth-order valence-corrected chi connectivity index (χ4v) is 2.84. The van der Waals surface area contributed by atoms with Crippen LogP contribution in [-0.2, 0) is 4.74 Å². The summed E-state index contributed by atoms with van der Waals surface area (Å²) in [4.78, 5) is 0. The molecule has 1 aliphatic rings. The van der Waals surface area contributed by atoms with Crippen LogP contribution in [0.1, 0.15) is 37.8 Å². The van der Waals surface area contributed by atoms with Crippen molar-refractivity contribution in [3.05, 3.63) is 35.1 Å². The zero-order valence-electron chi connectivity index (χ0n) is 11.8. The molecule has 5 heteroatoms. The van der Waals surface area contributed by atoms with Gasteiger partial charge in [-0.15, -0.1) is 0 Å². The number of halogens is 3. The molecule has 1 aliphatic carbocycles. The van der Waals surface area contributed by atoms with E-state index in [9.17, 15) is 13.2 Å². The summed E-state index contributed by atoms with van der Waals surface area (Å²) >= 11 is 0. The van der Waals surface area contributed by atoms with Gasteiger partial charge in [0.15, 0.2) is 0 Å². The van der Waals surface area contributed by atoms with Crippen molar-refractivity contribution in [2.24, 2.45) is 5.92 Å². The maximum Gasteiger partial charge on any atom is 0.133 e. The molecular formula is C15H20F3NO. The highest BCUT2D eigenvalue weighted by Gasteiger charge is 2.33. The fourth-order valence-electron chi connectivity index (χ4n) is 2.84. The molecule has 1 fully saturated rings. The summed E-state index contributed by atoms with van der Waals surface area (Å²) in [6, 6.07) is 1.02. The third-order valence-corrected chi connectivity index (χ3v) is 3.90. The highest BCUT2D eigenvalue weighted by molar-refractivity contribution is 5.24. The SMILES string of the molecule is CCOC1CC(CC(NC)c2c(F)cc(F)cc2F)C1. The second kappa shape index (κ2) is 6.59. The molecule has 1 atom stereocenters. The molecule has 0 radical (unpaired) electrons. The minimum absolute atomic E-state index is 0.0752. The van der Waals surface area contributed by atoms with E-state index in [1.165, 1.54) is 0 Å². The molecule has 0 aliphatic heterocycles. The normalized spacial score (nSPS) is 23.4. The molecule has 1 unspecified atom stereocenters. The molecule has 1 aromatic rings. The lowest BCUT2D eigenvalue weighted by Gasteiger charge is -2.37. The lowest BCUT2D eigenvalue weighted by molar-refractivity contribution is -0.0291. The Hall–Kier alpha value is -1.07. The van der Waals surface area contributed by atoms with Gasteiger partial charge in [-0.2, -0.15) is 0 Å². The van der Waals surface area contributed by atoms with Crippen molar-refractivity contribution in [3.8, 4) is 0 Å². The van der Waals surface area contributed by atoms with E-state index >= 15 is 0 Å². The van der Waals surface area contributed by atoms with Crippen LogP contribution in [0.4, 0.5) is 13.2 Å². The van der Waals surface area contributed by atoms with E-state index in [1.54, 1.807) is 7.05 Å². The van der Waals surface area contributed by atoms with Crippen molar-refractivity contribution in [1.29, 1.82) is 0 Å². The van der Waals surface area contributed by atoms with Crippen LogP contribution in [0.25, 0.3) is 0 Å². The van der Waals surface area contributed by atoms with Crippen LogP contribution in [0.15, 0.2) is 12.1 Å². The lowest BCUT2D eigenvalue weighted by atomic mass is 9.77. The zero-order valence-corrected chi connectivity index (χ0v) is 11.8. The first-order valence-electron chi connectivity index (χ1n) is 6.98. The number of hydrogen-bond acceptors (Lipinski definition) is 2. The topological polar surface area (TPSA) is 21.3 Å². The largest absolute Gasteiger partial charge is 0.378 e. The van der Waals surface area contributed by atoms with Gasteiger partial charge in [0.1, 0.15) is 17.5 Å². The second-order valence-corrected chi connectivity index (χ2v) is 5.27. The first kappa shape index (κ1) is 15.3. The van der Waals surface area contributed by atoms with E-state index in [1.807, 2.05) is 6.92 Å². The van der Waals surface area contributed by atoms with Gasteiger partial charge in [-0.1, -0.05) is 0 Å². The zero-order chi connectivity index (χ0) is 14.7. The van der Waals surface area contributed by atoms with Crippen LogP contribution in [0.3, 0.4) is 0 Å². The fraction of sp³-hybridized carbons (Fsp3) is 0.600. The number of nitrogens with one attached hydrogen (secondary N) is 1. The summed E-state index contributed by atoms with van der Waals surface area (Å²) in [7, 11) is 1.66. The number of ether oxygens (including phenoxy) is 1. The molecule has 0 spiro atoms. The Labute approximate surface area is 117 Å². The molecule has 2 rings (SSSR count). The summed E-state index contributed by atoms with van der Waals surface area (Å²) in [6.45, 7) is 2.64. The summed E-state index contributed by atoms with van der Waals surface area (Å²) < 4.78 is 46.0. The van der Waals surface area contributed by atoms with Crippen molar-refractivity contribution >= 4 is 0 Å². The van der Waals surface area contributed by atoms with Gasteiger partial charge in [0.25, 0.3) is 0 Å². The Kier molecular flexibility index (Phi) is 5.05. The average Bonchev–Trinajstić information content (AvgIpc) is 2.33. The van der Waals surface area contributed by atoms with Crippen LogP contribution < -0.4 is 5.32 Å². The maximum absolute atomic E-state index is 13.8. The van der Waals surface area contributed by atoms with E-state index in [2.05, 4.69) is 5.32 Å². The van der Waals surface area contributed by atoms with Gasteiger partial charge in [0, 0.05) is 30.3 Å². The van der Waals surface area contributed by atoms with Crippen molar-refractivity contribution in [1.82, 2.24) is 5.32 Å². The molecule has 1 aromatic carbocycles. The highest BCUT2D eigenvalue weighted by atomic mass is 19.1. The molecule has 20 heavy (non-hydrogen) atoms. The van der Waals surface area contributed by atoms with Crippen LogP contribution >= 0.6 is 0 Å². The quantitative estimate of drug-likeness (QED) is 0.863. The first-order valence-corrected chi connectivity index (χ1v) is 6.98. The van der Waals surface area contributed by atoms with Gasteiger partial charge in [-0.3, -0.25) is 0 Å². The Morgan fingerprint density at radius 2 is 1.85 bits per heavy atom. The molecule has 0 aromatic heterocycles. The van der Waals surface area contributed by atoms with Crippen molar-refractivity contribution in [3.63, 3.8) is 0 Å². The molecule has 0 bridgehead atoms. The van der Waals surface area contributed by atoms with Crippen LogP contribution in [0.5, 0.6) is 0 Å². The Morgan fingerprint density at radius 3 is 2.35 bits per heavy atom. The van der Waals surface area contributed by atoms with E-state index in [-0.39, 0.29) is 11.7 Å².